The standard InChI is InChI=1S/C17H19FN4O3S.ClH/c18-14-3-1-2-4-15(14)26(24,25)22-9-7-12(8-10-22)17(23)21-13-5-6-16(19)20-11-13;/h1-6,11-12H,7-10H2,(H2,19,20)(H,21,23);1H. The highest BCUT2D eigenvalue weighted by atomic mass is 35.5. The first-order valence-corrected chi connectivity index (χ1v) is 9.59. The molecule has 1 aromatic carbocycles. The first kappa shape index (κ1) is 21.1. The normalized spacial score (nSPS) is 15.7. The van der Waals surface area contributed by atoms with Gasteiger partial charge in [0.25, 0.3) is 0 Å². The zero-order valence-electron chi connectivity index (χ0n) is 14.3. The molecule has 3 N–H and O–H groups in total. The van der Waals surface area contributed by atoms with Gasteiger partial charge in [-0.25, -0.2) is 17.8 Å². The van der Waals surface area contributed by atoms with Gasteiger partial charge in [-0.1, -0.05) is 12.1 Å². The molecule has 10 heteroatoms. The Morgan fingerprint density at radius 3 is 2.44 bits per heavy atom. The van der Waals surface area contributed by atoms with Crippen molar-refractivity contribution in [3.05, 3.63) is 48.4 Å². The molecule has 2 aromatic rings. The maximum atomic E-state index is 13.8. The number of benzene rings is 1. The third kappa shape index (κ3) is 4.74. The zero-order valence-corrected chi connectivity index (χ0v) is 16.0. The lowest BCUT2D eigenvalue weighted by Gasteiger charge is -2.30. The Morgan fingerprint density at radius 2 is 1.85 bits per heavy atom. The molecule has 146 valence electrons. The van der Waals surface area contributed by atoms with Crippen molar-refractivity contribution in [2.45, 2.75) is 17.7 Å². The van der Waals surface area contributed by atoms with Crippen LogP contribution in [-0.4, -0.2) is 36.7 Å². The molecule has 0 spiro atoms. The van der Waals surface area contributed by atoms with Crippen molar-refractivity contribution in [3.8, 4) is 0 Å². The molecule has 1 fully saturated rings. The maximum absolute atomic E-state index is 13.8. The number of nitrogen functional groups attached to an aromatic ring is 1. The molecule has 27 heavy (non-hydrogen) atoms. The lowest BCUT2D eigenvalue weighted by atomic mass is 9.97. The average molecular weight is 415 g/mol. The van der Waals surface area contributed by atoms with Crippen LogP contribution in [0.5, 0.6) is 0 Å². The van der Waals surface area contributed by atoms with E-state index in [0.717, 1.165) is 6.07 Å². The minimum atomic E-state index is -3.90. The Labute approximate surface area is 163 Å². The molecule has 0 unspecified atom stereocenters. The summed E-state index contributed by atoms with van der Waals surface area (Å²) in [5.41, 5.74) is 6.03. The quantitative estimate of drug-likeness (QED) is 0.798. The van der Waals surface area contributed by atoms with Gasteiger partial charge in [0.15, 0.2) is 0 Å². The van der Waals surface area contributed by atoms with Gasteiger partial charge in [-0.05, 0) is 37.1 Å². The molecule has 3 rings (SSSR count). The van der Waals surface area contributed by atoms with E-state index in [1.54, 1.807) is 12.1 Å². The maximum Gasteiger partial charge on any atom is 0.245 e. The molecule has 0 atom stereocenters. The van der Waals surface area contributed by atoms with E-state index in [4.69, 9.17) is 5.73 Å². The monoisotopic (exact) mass is 414 g/mol. The number of amides is 1. The van der Waals surface area contributed by atoms with E-state index >= 15 is 0 Å². The Morgan fingerprint density at radius 1 is 1.19 bits per heavy atom. The third-order valence-electron chi connectivity index (χ3n) is 4.33. The predicted molar refractivity (Wildman–Crippen MR) is 102 cm³/mol. The number of piperidine rings is 1. The fourth-order valence-corrected chi connectivity index (χ4v) is 4.41. The number of carbonyl (C=O) groups excluding carboxylic acids is 1. The van der Waals surface area contributed by atoms with Crippen molar-refractivity contribution in [2.75, 3.05) is 24.1 Å². The van der Waals surface area contributed by atoms with Gasteiger partial charge < -0.3 is 11.1 Å². The van der Waals surface area contributed by atoms with Crippen molar-refractivity contribution in [1.29, 1.82) is 0 Å². The first-order chi connectivity index (χ1) is 12.4. The van der Waals surface area contributed by atoms with Gasteiger partial charge in [0.2, 0.25) is 15.9 Å². The van der Waals surface area contributed by atoms with Crippen molar-refractivity contribution < 1.29 is 17.6 Å². The van der Waals surface area contributed by atoms with E-state index in [-0.39, 0.29) is 42.2 Å². The number of halogens is 2. The lowest BCUT2D eigenvalue weighted by Crippen LogP contribution is -2.41. The summed E-state index contributed by atoms with van der Waals surface area (Å²) >= 11 is 0. The molecule has 0 saturated carbocycles. The highest BCUT2D eigenvalue weighted by molar-refractivity contribution is 7.89. The smallest absolute Gasteiger partial charge is 0.245 e. The number of hydrogen-bond donors (Lipinski definition) is 2. The molecule has 0 radical (unpaired) electrons. The summed E-state index contributed by atoms with van der Waals surface area (Å²) < 4.78 is 40.2. The molecule has 1 amide bonds. The van der Waals surface area contributed by atoms with Gasteiger partial charge in [0, 0.05) is 19.0 Å². The molecule has 7 nitrogen and oxygen atoms in total. The molecule has 1 aliphatic heterocycles. The average Bonchev–Trinajstić information content (AvgIpc) is 2.64. The second kappa shape index (κ2) is 8.64. The van der Waals surface area contributed by atoms with Gasteiger partial charge in [-0.3, -0.25) is 4.79 Å². The highest BCUT2D eigenvalue weighted by Crippen LogP contribution is 2.26. The van der Waals surface area contributed by atoms with Gasteiger partial charge in [0.1, 0.15) is 16.5 Å². The third-order valence-corrected chi connectivity index (χ3v) is 6.26. The van der Waals surface area contributed by atoms with Crippen LogP contribution < -0.4 is 11.1 Å². The van der Waals surface area contributed by atoms with Crippen LogP contribution in [0.4, 0.5) is 15.9 Å². The van der Waals surface area contributed by atoms with Crippen molar-refractivity contribution >= 4 is 39.8 Å². The minimum Gasteiger partial charge on any atom is -0.384 e. The second-order valence-corrected chi connectivity index (χ2v) is 7.98. The molecule has 1 saturated heterocycles. The largest absolute Gasteiger partial charge is 0.384 e. The number of sulfonamides is 1. The molecule has 1 aromatic heterocycles. The number of hydrogen-bond acceptors (Lipinski definition) is 5. The number of rotatable bonds is 4. The van der Waals surface area contributed by atoms with E-state index in [0.29, 0.717) is 24.3 Å². The summed E-state index contributed by atoms with van der Waals surface area (Å²) in [6, 6.07) is 8.52. The number of nitrogens with one attached hydrogen (secondary N) is 1. The fourth-order valence-electron chi connectivity index (χ4n) is 2.87. The van der Waals surface area contributed by atoms with Gasteiger partial charge in [-0.15, -0.1) is 12.4 Å². The SMILES string of the molecule is Cl.Nc1ccc(NC(=O)C2CCN(S(=O)(=O)c3ccccc3F)CC2)cn1. The van der Waals surface area contributed by atoms with Gasteiger partial charge in [-0.2, -0.15) is 4.31 Å². The van der Waals surface area contributed by atoms with Crippen LogP contribution in [0, 0.1) is 11.7 Å². The lowest BCUT2D eigenvalue weighted by molar-refractivity contribution is -0.120. The van der Waals surface area contributed by atoms with E-state index in [1.165, 1.54) is 28.7 Å². The van der Waals surface area contributed by atoms with Crippen LogP contribution in [0.15, 0.2) is 47.5 Å². The number of nitrogens with two attached hydrogens (primary N) is 1. The Hall–Kier alpha value is -2.23. The number of aromatic nitrogens is 1. The zero-order chi connectivity index (χ0) is 18.7. The number of carbonyl (C=O) groups is 1. The number of pyridine rings is 1. The molecule has 2 heterocycles. The molecule has 0 aliphatic carbocycles. The van der Waals surface area contributed by atoms with Gasteiger partial charge in [0.05, 0.1) is 11.9 Å². The molecule has 1 aliphatic rings. The van der Waals surface area contributed by atoms with E-state index in [2.05, 4.69) is 10.3 Å². The van der Waals surface area contributed by atoms with Crippen molar-refractivity contribution in [3.63, 3.8) is 0 Å². The number of anilines is 2. The Kier molecular flexibility index (Phi) is 6.74. The molecular formula is C17H20ClFN4O3S. The van der Waals surface area contributed by atoms with E-state index in [9.17, 15) is 17.6 Å². The number of nitrogens with zero attached hydrogens (tertiary/aromatic N) is 2. The molecule has 0 bridgehead atoms. The van der Waals surface area contributed by atoms with Crippen LogP contribution in [-0.2, 0) is 14.8 Å². The van der Waals surface area contributed by atoms with Crippen LogP contribution in [0.25, 0.3) is 0 Å². The second-order valence-electron chi connectivity index (χ2n) is 6.07. The van der Waals surface area contributed by atoms with Crippen LogP contribution >= 0.6 is 12.4 Å². The summed E-state index contributed by atoms with van der Waals surface area (Å²) in [6.45, 7) is 0.323. The topological polar surface area (TPSA) is 105 Å². The summed E-state index contributed by atoms with van der Waals surface area (Å²) in [5, 5.41) is 2.75. The van der Waals surface area contributed by atoms with Crippen molar-refractivity contribution in [1.82, 2.24) is 9.29 Å². The summed E-state index contributed by atoms with van der Waals surface area (Å²) in [7, 11) is -3.90. The van der Waals surface area contributed by atoms with Crippen LogP contribution in [0.3, 0.4) is 0 Å². The summed E-state index contributed by atoms with van der Waals surface area (Å²) in [6.07, 6.45) is 2.19. The van der Waals surface area contributed by atoms with E-state index < -0.39 is 15.8 Å². The summed E-state index contributed by atoms with van der Waals surface area (Å²) in [4.78, 5) is 15.9. The summed E-state index contributed by atoms with van der Waals surface area (Å²) in [5.74, 6) is -0.933. The van der Waals surface area contributed by atoms with Crippen molar-refractivity contribution in [2.24, 2.45) is 5.92 Å². The molecular weight excluding hydrogens is 395 g/mol. The van der Waals surface area contributed by atoms with Gasteiger partial charge >= 0.3 is 0 Å². The van der Waals surface area contributed by atoms with Crippen LogP contribution in [0.2, 0.25) is 0 Å². The minimum absolute atomic E-state index is 0. The Bertz CT molecular complexity index is 901. The first-order valence-electron chi connectivity index (χ1n) is 8.15. The van der Waals surface area contributed by atoms with E-state index in [1.807, 2.05) is 0 Å². The highest BCUT2D eigenvalue weighted by Gasteiger charge is 2.33. The van der Waals surface area contributed by atoms with Crippen LogP contribution in [0.1, 0.15) is 12.8 Å². The fraction of sp³-hybridized carbons (Fsp3) is 0.294. The predicted octanol–water partition coefficient (Wildman–Crippen LogP) is 2.26. The Balaban J connectivity index is 0.00000261.